The summed E-state index contributed by atoms with van der Waals surface area (Å²) in [7, 11) is 0. The highest BCUT2D eigenvalue weighted by Gasteiger charge is 2.41. The number of fused-ring (bicyclic) bond motifs is 1. The van der Waals surface area contributed by atoms with Gasteiger partial charge in [0.2, 0.25) is 11.8 Å². The number of imidazole rings is 1. The normalized spacial score (nSPS) is 16.6. The molecular formula is C28H24ClF4N3O. The number of aromatic nitrogens is 2. The second kappa shape index (κ2) is 10.2. The lowest BCUT2D eigenvalue weighted by molar-refractivity contribution is -0.128. The number of nitrogens with one attached hydrogen (secondary N) is 1. The van der Waals surface area contributed by atoms with Crippen molar-refractivity contribution in [3.05, 3.63) is 89.0 Å². The van der Waals surface area contributed by atoms with Crippen molar-refractivity contribution in [1.29, 1.82) is 0 Å². The van der Waals surface area contributed by atoms with E-state index >= 15 is 0 Å². The fourth-order valence-corrected chi connectivity index (χ4v) is 5.11. The van der Waals surface area contributed by atoms with Crippen molar-refractivity contribution in [2.75, 3.05) is 0 Å². The van der Waals surface area contributed by atoms with Crippen LogP contribution in [0.5, 0.6) is 0 Å². The standard InChI is InChI=1S/C28H24ClF4N3O/c29-20-8-6-19(7-9-20)26-35-23-14-21(30)22(31)15-24(23)36(26)25(18-10-12-28(32,33)13-11-18)27(37)34-16-17-4-2-1-3-5-17/h1-9,14-15,18,25H,10-13,16H2,(H,34,37). The predicted octanol–water partition coefficient (Wildman–Crippen LogP) is 7.32. The maximum atomic E-state index is 14.4. The molecular weight excluding hydrogens is 506 g/mol. The van der Waals surface area contributed by atoms with Gasteiger partial charge in [0.05, 0.1) is 11.0 Å². The molecule has 1 saturated carbocycles. The summed E-state index contributed by atoms with van der Waals surface area (Å²) in [6, 6.07) is 17.0. The molecule has 0 spiro atoms. The molecule has 4 aromatic rings. The number of halogens is 5. The van der Waals surface area contributed by atoms with Gasteiger partial charge in [-0.2, -0.15) is 0 Å². The van der Waals surface area contributed by atoms with Crippen LogP contribution in [0, 0.1) is 17.6 Å². The summed E-state index contributed by atoms with van der Waals surface area (Å²) in [5.74, 6) is -5.52. The molecule has 1 aliphatic carbocycles. The Morgan fingerprint density at radius 2 is 1.68 bits per heavy atom. The smallest absolute Gasteiger partial charge is 0.248 e. The number of benzene rings is 3. The van der Waals surface area contributed by atoms with E-state index in [1.54, 1.807) is 28.8 Å². The van der Waals surface area contributed by atoms with E-state index < -0.39 is 35.4 Å². The van der Waals surface area contributed by atoms with Gasteiger partial charge in [0, 0.05) is 42.1 Å². The number of amides is 1. The highest BCUT2D eigenvalue weighted by Crippen LogP contribution is 2.43. The molecule has 0 aliphatic heterocycles. The lowest BCUT2D eigenvalue weighted by atomic mass is 9.81. The summed E-state index contributed by atoms with van der Waals surface area (Å²) in [5, 5.41) is 3.40. The Balaban J connectivity index is 1.63. The molecule has 1 aliphatic rings. The van der Waals surface area contributed by atoms with Gasteiger partial charge in [-0.25, -0.2) is 22.5 Å². The Labute approximate surface area is 216 Å². The SMILES string of the molecule is O=C(NCc1ccccc1)C(C1CCC(F)(F)CC1)n1c(-c2ccc(Cl)cc2)nc2cc(F)c(F)cc21. The molecule has 4 nitrogen and oxygen atoms in total. The van der Waals surface area contributed by atoms with Gasteiger partial charge in [-0.1, -0.05) is 41.9 Å². The third-order valence-corrected chi connectivity index (χ3v) is 7.15. The summed E-state index contributed by atoms with van der Waals surface area (Å²) in [6.07, 6.45) is -0.516. The molecule has 9 heteroatoms. The lowest BCUT2D eigenvalue weighted by Crippen LogP contribution is -2.39. The van der Waals surface area contributed by atoms with E-state index in [4.69, 9.17) is 11.6 Å². The Kier molecular flexibility index (Phi) is 6.94. The Bertz CT molecular complexity index is 1410. The van der Waals surface area contributed by atoms with Gasteiger partial charge in [-0.15, -0.1) is 0 Å². The first-order valence-electron chi connectivity index (χ1n) is 12.0. The average molecular weight is 530 g/mol. The quantitative estimate of drug-likeness (QED) is 0.266. The minimum Gasteiger partial charge on any atom is -0.350 e. The fraction of sp³-hybridized carbons (Fsp3) is 0.286. The first kappa shape index (κ1) is 25.3. The average Bonchev–Trinajstić information content (AvgIpc) is 3.23. The van der Waals surface area contributed by atoms with Crippen LogP contribution < -0.4 is 5.32 Å². The van der Waals surface area contributed by atoms with Crippen molar-refractivity contribution in [3.63, 3.8) is 0 Å². The van der Waals surface area contributed by atoms with Crippen molar-refractivity contribution in [2.45, 2.75) is 44.2 Å². The van der Waals surface area contributed by atoms with E-state index in [0.717, 1.165) is 17.7 Å². The zero-order chi connectivity index (χ0) is 26.2. The third kappa shape index (κ3) is 5.34. The Hall–Kier alpha value is -3.39. The van der Waals surface area contributed by atoms with E-state index in [1.165, 1.54) is 0 Å². The summed E-state index contributed by atoms with van der Waals surface area (Å²) >= 11 is 6.06. The monoisotopic (exact) mass is 529 g/mol. The number of hydrogen-bond donors (Lipinski definition) is 1. The van der Waals surface area contributed by atoms with E-state index in [0.29, 0.717) is 16.4 Å². The van der Waals surface area contributed by atoms with Gasteiger partial charge in [-0.05, 0) is 48.6 Å². The molecule has 0 bridgehead atoms. The largest absolute Gasteiger partial charge is 0.350 e. The minimum atomic E-state index is -2.80. The number of carbonyl (C=O) groups is 1. The molecule has 1 unspecified atom stereocenters. The molecule has 1 heterocycles. The molecule has 1 N–H and O–H groups in total. The molecule has 1 amide bonds. The number of nitrogens with zero attached hydrogens (tertiary/aromatic N) is 2. The molecule has 0 radical (unpaired) electrons. The van der Waals surface area contributed by atoms with Crippen molar-refractivity contribution >= 4 is 28.5 Å². The highest BCUT2D eigenvalue weighted by molar-refractivity contribution is 6.30. The maximum Gasteiger partial charge on any atom is 0.248 e. The van der Waals surface area contributed by atoms with E-state index in [-0.39, 0.29) is 43.3 Å². The fourth-order valence-electron chi connectivity index (χ4n) is 4.98. The molecule has 1 atom stereocenters. The van der Waals surface area contributed by atoms with Crippen LogP contribution in [-0.2, 0) is 11.3 Å². The number of rotatable bonds is 6. The van der Waals surface area contributed by atoms with Gasteiger partial charge in [0.1, 0.15) is 11.9 Å². The van der Waals surface area contributed by atoms with E-state index in [1.807, 2.05) is 30.3 Å². The van der Waals surface area contributed by atoms with Crippen molar-refractivity contribution in [3.8, 4) is 11.4 Å². The van der Waals surface area contributed by atoms with Crippen LogP contribution in [0.1, 0.15) is 37.3 Å². The van der Waals surface area contributed by atoms with Crippen LogP contribution >= 0.6 is 11.6 Å². The second-order valence-corrected chi connectivity index (χ2v) is 9.85. The first-order valence-corrected chi connectivity index (χ1v) is 12.4. The molecule has 0 saturated heterocycles. The van der Waals surface area contributed by atoms with Gasteiger partial charge in [0.25, 0.3) is 0 Å². The molecule has 1 aromatic heterocycles. The van der Waals surface area contributed by atoms with Crippen LogP contribution in [-0.4, -0.2) is 21.4 Å². The Morgan fingerprint density at radius 3 is 2.35 bits per heavy atom. The first-order chi connectivity index (χ1) is 17.7. The van der Waals surface area contributed by atoms with Crippen LogP contribution in [0.3, 0.4) is 0 Å². The van der Waals surface area contributed by atoms with Crippen molar-refractivity contribution < 1.29 is 22.4 Å². The van der Waals surface area contributed by atoms with Crippen molar-refractivity contribution in [2.24, 2.45) is 5.92 Å². The molecule has 3 aromatic carbocycles. The van der Waals surface area contributed by atoms with Crippen LogP contribution in [0.2, 0.25) is 5.02 Å². The third-order valence-electron chi connectivity index (χ3n) is 6.90. The van der Waals surface area contributed by atoms with Crippen molar-refractivity contribution in [1.82, 2.24) is 14.9 Å². The zero-order valence-electron chi connectivity index (χ0n) is 19.7. The summed E-state index contributed by atoms with van der Waals surface area (Å²) < 4.78 is 58.3. The maximum absolute atomic E-state index is 14.4. The van der Waals surface area contributed by atoms with E-state index in [9.17, 15) is 22.4 Å². The number of hydrogen-bond acceptors (Lipinski definition) is 2. The van der Waals surface area contributed by atoms with E-state index in [2.05, 4.69) is 10.3 Å². The second-order valence-electron chi connectivity index (χ2n) is 9.41. The highest BCUT2D eigenvalue weighted by atomic mass is 35.5. The summed E-state index contributed by atoms with van der Waals surface area (Å²) in [6.45, 7) is 0.227. The molecule has 1 fully saturated rings. The molecule has 37 heavy (non-hydrogen) atoms. The van der Waals surface area contributed by atoms with Crippen LogP contribution in [0.4, 0.5) is 17.6 Å². The number of alkyl halides is 2. The molecule has 192 valence electrons. The van der Waals surface area contributed by atoms with Crippen LogP contribution in [0.15, 0.2) is 66.7 Å². The number of carbonyl (C=O) groups excluding carboxylic acids is 1. The minimum absolute atomic E-state index is 0.0971. The zero-order valence-corrected chi connectivity index (χ0v) is 20.5. The van der Waals surface area contributed by atoms with Crippen LogP contribution in [0.25, 0.3) is 22.4 Å². The van der Waals surface area contributed by atoms with Gasteiger partial charge < -0.3 is 9.88 Å². The predicted molar refractivity (Wildman–Crippen MR) is 134 cm³/mol. The van der Waals surface area contributed by atoms with Gasteiger partial charge in [0.15, 0.2) is 11.6 Å². The Morgan fingerprint density at radius 1 is 1.03 bits per heavy atom. The van der Waals surface area contributed by atoms with Gasteiger partial charge >= 0.3 is 0 Å². The topological polar surface area (TPSA) is 46.9 Å². The summed E-state index contributed by atoms with van der Waals surface area (Å²) in [5.41, 5.74) is 1.81. The van der Waals surface area contributed by atoms with Gasteiger partial charge in [-0.3, -0.25) is 4.79 Å². The summed E-state index contributed by atoms with van der Waals surface area (Å²) in [4.78, 5) is 18.3. The molecule has 5 rings (SSSR count). The lowest BCUT2D eigenvalue weighted by Gasteiger charge is -2.34.